The number of allylic oxidation sites excluding steroid dienone is 2. The average molecular weight is 446 g/mol. The van der Waals surface area contributed by atoms with E-state index in [1.807, 2.05) is 19.1 Å². The van der Waals surface area contributed by atoms with Crippen LogP contribution < -0.4 is 10.2 Å². The predicted octanol–water partition coefficient (Wildman–Crippen LogP) is 5.35. The first-order valence-corrected chi connectivity index (χ1v) is 11.7. The van der Waals surface area contributed by atoms with Gasteiger partial charge in [0, 0.05) is 42.0 Å². The first-order chi connectivity index (χ1) is 15.8. The number of nitrogens with zero attached hydrogens (tertiary/aromatic N) is 4. The van der Waals surface area contributed by atoms with Crippen LogP contribution in [0.4, 0.5) is 11.6 Å². The zero-order valence-corrected chi connectivity index (χ0v) is 20.0. The molecule has 0 saturated carbocycles. The van der Waals surface area contributed by atoms with Gasteiger partial charge in [0.1, 0.15) is 17.6 Å². The summed E-state index contributed by atoms with van der Waals surface area (Å²) in [7, 11) is 0. The van der Waals surface area contributed by atoms with Crippen LogP contribution in [0.2, 0.25) is 0 Å². The van der Waals surface area contributed by atoms with Gasteiger partial charge >= 0.3 is 0 Å². The maximum absolute atomic E-state index is 13.3. The summed E-state index contributed by atoms with van der Waals surface area (Å²) in [6.45, 7) is 12.4. The second-order valence-electron chi connectivity index (χ2n) is 9.73. The second kappa shape index (κ2) is 7.90. The molecule has 1 aliphatic heterocycles. The number of hydrogen-bond donors (Lipinski definition) is 1. The third kappa shape index (κ3) is 3.75. The van der Waals surface area contributed by atoms with Crippen LogP contribution in [0.5, 0.6) is 0 Å². The molecule has 7 heteroatoms. The highest BCUT2D eigenvalue weighted by Crippen LogP contribution is 2.46. The molecule has 172 valence electrons. The van der Waals surface area contributed by atoms with E-state index in [0.29, 0.717) is 24.0 Å². The van der Waals surface area contributed by atoms with Crippen molar-refractivity contribution in [2.24, 2.45) is 5.41 Å². The van der Waals surface area contributed by atoms with Gasteiger partial charge in [0.15, 0.2) is 11.6 Å². The summed E-state index contributed by atoms with van der Waals surface area (Å²) in [5, 5.41) is 8.28. The van der Waals surface area contributed by atoms with E-state index in [2.05, 4.69) is 62.2 Å². The molecule has 5 rings (SSSR count). The molecule has 0 fully saturated rings. The van der Waals surface area contributed by atoms with Gasteiger partial charge < -0.3 is 14.6 Å². The van der Waals surface area contributed by atoms with E-state index in [1.165, 1.54) is 5.69 Å². The van der Waals surface area contributed by atoms with Gasteiger partial charge in [-0.3, -0.25) is 4.79 Å². The summed E-state index contributed by atoms with van der Waals surface area (Å²) in [6.07, 6.45) is 1.29. The number of ketones is 1. The van der Waals surface area contributed by atoms with Gasteiger partial charge in [0.2, 0.25) is 5.95 Å². The minimum atomic E-state index is -0.412. The maximum atomic E-state index is 13.3. The Hall–Kier alpha value is -3.35. The first kappa shape index (κ1) is 21.5. The van der Waals surface area contributed by atoms with Crippen LogP contribution in [-0.2, 0) is 4.79 Å². The number of carbonyl (C=O) groups is 1. The first-order valence-electron chi connectivity index (χ1n) is 11.7. The Morgan fingerprint density at radius 3 is 2.48 bits per heavy atom. The summed E-state index contributed by atoms with van der Waals surface area (Å²) in [6, 6.07) is 11.8. The molecule has 0 bridgehead atoms. The number of nitrogens with one attached hydrogen (secondary N) is 1. The number of anilines is 2. The van der Waals surface area contributed by atoms with Crippen LogP contribution in [0.15, 0.2) is 52.1 Å². The SMILES string of the molecule is CCN(CC)c1ccc(-c2nc3n(n2)C(c2ccc(C)o2)C2=C(CC(C)(C)CC2=O)N3)cc1. The molecule has 2 aromatic heterocycles. The molecule has 3 heterocycles. The summed E-state index contributed by atoms with van der Waals surface area (Å²) >= 11 is 0. The van der Waals surface area contributed by atoms with Crippen molar-refractivity contribution in [2.45, 2.75) is 53.5 Å². The average Bonchev–Trinajstić information content (AvgIpc) is 3.39. The number of hydrogen-bond acceptors (Lipinski definition) is 6. The largest absolute Gasteiger partial charge is 0.464 e. The lowest BCUT2D eigenvalue weighted by molar-refractivity contribution is -0.118. The predicted molar refractivity (Wildman–Crippen MR) is 129 cm³/mol. The lowest BCUT2D eigenvalue weighted by atomic mass is 9.73. The van der Waals surface area contributed by atoms with Gasteiger partial charge in [0.25, 0.3) is 0 Å². The van der Waals surface area contributed by atoms with E-state index in [4.69, 9.17) is 14.5 Å². The van der Waals surface area contributed by atoms with Gasteiger partial charge in [-0.25, -0.2) is 4.68 Å². The standard InChI is InChI=1S/C26H31N5O2/c1-6-30(7-2)18-11-9-17(10-12-18)24-28-25-27-19-14-26(4,5)15-20(32)22(19)23(31(25)29-24)21-13-8-16(3)33-21/h8-13,23H,6-7,14-15H2,1-5H3,(H,27,28,29). The topological polar surface area (TPSA) is 76.2 Å². The smallest absolute Gasteiger partial charge is 0.227 e. The zero-order valence-electron chi connectivity index (χ0n) is 20.0. The second-order valence-corrected chi connectivity index (χ2v) is 9.73. The van der Waals surface area contributed by atoms with E-state index >= 15 is 0 Å². The molecule has 33 heavy (non-hydrogen) atoms. The Kier molecular flexibility index (Phi) is 5.15. The van der Waals surface area contributed by atoms with Crippen molar-refractivity contribution in [3.05, 3.63) is 59.2 Å². The Bertz CT molecular complexity index is 1230. The number of carbonyl (C=O) groups excluding carboxylic acids is 1. The Labute approximate surface area is 194 Å². The summed E-state index contributed by atoms with van der Waals surface area (Å²) < 4.78 is 7.81. The molecule has 0 amide bonds. The van der Waals surface area contributed by atoms with E-state index in [1.54, 1.807) is 4.68 Å². The highest BCUT2D eigenvalue weighted by atomic mass is 16.3. The number of aromatic nitrogens is 3. The number of benzene rings is 1. The fourth-order valence-corrected chi connectivity index (χ4v) is 5.00. The molecule has 0 radical (unpaired) electrons. The van der Waals surface area contributed by atoms with Crippen LogP contribution >= 0.6 is 0 Å². The van der Waals surface area contributed by atoms with Crippen molar-refractivity contribution in [1.29, 1.82) is 0 Å². The van der Waals surface area contributed by atoms with Crippen molar-refractivity contribution in [3.63, 3.8) is 0 Å². The van der Waals surface area contributed by atoms with Gasteiger partial charge in [-0.05, 0) is 69.0 Å². The summed E-state index contributed by atoms with van der Waals surface area (Å²) in [5.74, 6) is 2.93. The van der Waals surface area contributed by atoms with E-state index < -0.39 is 6.04 Å². The summed E-state index contributed by atoms with van der Waals surface area (Å²) in [5.41, 5.74) is 3.69. The molecule has 7 nitrogen and oxygen atoms in total. The number of furan rings is 1. The van der Waals surface area contributed by atoms with Crippen molar-refractivity contribution in [2.75, 3.05) is 23.3 Å². The number of rotatable bonds is 5. The molecule has 1 aromatic carbocycles. The molecule has 1 unspecified atom stereocenters. The van der Waals surface area contributed by atoms with Crippen molar-refractivity contribution < 1.29 is 9.21 Å². The highest BCUT2D eigenvalue weighted by Gasteiger charge is 2.43. The van der Waals surface area contributed by atoms with Crippen LogP contribution in [0.25, 0.3) is 11.4 Å². The molecule has 1 atom stereocenters. The lowest BCUT2D eigenvalue weighted by Gasteiger charge is -2.37. The monoisotopic (exact) mass is 445 g/mol. The van der Waals surface area contributed by atoms with E-state index in [-0.39, 0.29) is 11.2 Å². The lowest BCUT2D eigenvalue weighted by Crippen LogP contribution is -2.36. The third-order valence-corrected chi connectivity index (χ3v) is 6.62. The number of Topliss-reactive ketones (excluding diaryl/α,β-unsaturated/α-hetero) is 1. The van der Waals surface area contributed by atoms with Crippen molar-refractivity contribution in [1.82, 2.24) is 14.8 Å². The zero-order chi connectivity index (χ0) is 23.3. The molecule has 0 saturated heterocycles. The molecular weight excluding hydrogens is 414 g/mol. The molecule has 1 aliphatic carbocycles. The van der Waals surface area contributed by atoms with E-state index in [0.717, 1.165) is 42.1 Å². The maximum Gasteiger partial charge on any atom is 0.227 e. The fraction of sp³-hybridized carbons (Fsp3) is 0.423. The number of fused-ring (bicyclic) bond motifs is 1. The minimum absolute atomic E-state index is 0.0994. The molecule has 3 aromatic rings. The quantitative estimate of drug-likeness (QED) is 0.570. The van der Waals surface area contributed by atoms with Gasteiger partial charge in [0.05, 0.1) is 0 Å². The van der Waals surface area contributed by atoms with Crippen LogP contribution in [0.3, 0.4) is 0 Å². The number of aryl methyl sites for hydroxylation is 1. The van der Waals surface area contributed by atoms with Crippen molar-refractivity contribution >= 4 is 17.4 Å². The Morgan fingerprint density at radius 1 is 1.12 bits per heavy atom. The van der Waals surface area contributed by atoms with Crippen LogP contribution in [-0.4, -0.2) is 33.6 Å². The molecular formula is C26H31N5O2. The Morgan fingerprint density at radius 2 is 1.85 bits per heavy atom. The van der Waals surface area contributed by atoms with Crippen LogP contribution in [0.1, 0.15) is 58.1 Å². The van der Waals surface area contributed by atoms with Crippen LogP contribution in [0, 0.1) is 12.3 Å². The minimum Gasteiger partial charge on any atom is -0.464 e. The third-order valence-electron chi connectivity index (χ3n) is 6.62. The highest BCUT2D eigenvalue weighted by molar-refractivity contribution is 6.00. The fourth-order valence-electron chi connectivity index (χ4n) is 5.00. The van der Waals surface area contributed by atoms with Crippen molar-refractivity contribution in [3.8, 4) is 11.4 Å². The molecule has 1 N–H and O–H groups in total. The van der Waals surface area contributed by atoms with E-state index in [9.17, 15) is 4.79 Å². The van der Waals surface area contributed by atoms with Gasteiger partial charge in [-0.1, -0.05) is 13.8 Å². The Balaban J connectivity index is 1.57. The van der Waals surface area contributed by atoms with Gasteiger partial charge in [-0.2, -0.15) is 4.98 Å². The normalized spacial score (nSPS) is 19.2. The molecule has 0 spiro atoms. The summed E-state index contributed by atoms with van der Waals surface area (Å²) in [4.78, 5) is 20.4. The molecule has 2 aliphatic rings. The van der Waals surface area contributed by atoms with Gasteiger partial charge in [-0.15, -0.1) is 5.10 Å².